The zero-order valence-corrected chi connectivity index (χ0v) is 14.4. The van der Waals surface area contributed by atoms with Gasteiger partial charge in [0, 0.05) is 31.2 Å². The normalized spacial score (nSPS) is 27.3. The summed E-state index contributed by atoms with van der Waals surface area (Å²) in [7, 11) is -2.97. The van der Waals surface area contributed by atoms with Crippen LogP contribution < -0.4 is 5.32 Å². The molecule has 8 nitrogen and oxygen atoms in total. The maximum atomic E-state index is 12.3. The number of nitrogens with one attached hydrogen (secondary N) is 1. The van der Waals surface area contributed by atoms with E-state index in [0.717, 1.165) is 18.5 Å². The van der Waals surface area contributed by atoms with Crippen LogP contribution in [0.25, 0.3) is 0 Å². The van der Waals surface area contributed by atoms with Crippen LogP contribution in [0.5, 0.6) is 0 Å². The molecule has 9 heteroatoms. The van der Waals surface area contributed by atoms with Crippen LogP contribution in [0.2, 0.25) is 0 Å². The van der Waals surface area contributed by atoms with Crippen molar-refractivity contribution in [2.45, 2.75) is 50.1 Å². The zero-order valence-electron chi connectivity index (χ0n) is 13.6. The Kier molecular flexibility index (Phi) is 3.98. The van der Waals surface area contributed by atoms with E-state index >= 15 is 0 Å². The Bertz CT molecular complexity index is 719. The molecule has 1 aliphatic carbocycles. The SMILES string of the molecule is O=C(NC1CCS(=O)(=O)C1)N1CCC(n2cc(C3CC3)nn2)CC1. The summed E-state index contributed by atoms with van der Waals surface area (Å²) < 4.78 is 24.9. The van der Waals surface area contributed by atoms with E-state index in [0.29, 0.717) is 31.5 Å². The summed E-state index contributed by atoms with van der Waals surface area (Å²) in [5, 5.41) is 11.4. The van der Waals surface area contributed by atoms with Crippen LogP contribution in [0.1, 0.15) is 49.8 Å². The molecular weight excluding hydrogens is 330 g/mol. The molecule has 1 unspecified atom stereocenters. The first-order valence-corrected chi connectivity index (χ1v) is 10.5. The van der Waals surface area contributed by atoms with Crippen LogP contribution in [0, 0.1) is 0 Å². The molecule has 0 radical (unpaired) electrons. The van der Waals surface area contributed by atoms with Crippen LogP contribution in [-0.4, -0.2) is 65.0 Å². The molecule has 2 amide bonds. The number of amides is 2. The molecule has 3 aliphatic rings. The van der Waals surface area contributed by atoms with Gasteiger partial charge < -0.3 is 10.2 Å². The van der Waals surface area contributed by atoms with Crippen molar-refractivity contribution in [1.29, 1.82) is 0 Å². The Balaban J connectivity index is 1.28. The summed E-state index contributed by atoms with van der Waals surface area (Å²) in [4.78, 5) is 14.1. The lowest BCUT2D eigenvalue weighted by atomic mass is 10.1. The average Bonchev–Trinajstić information content (AvgIpc) is 3.19. The molecule has 132 valence electrons. The predicted molar refractivity (Wildman–Crippen MR) is 87.4 cm³/mol. The minimum atomic E-state index is -2.97. The summed E-state index contributed by atoms with van der Waals surface area (Å²) in [6, 6.07) is -0.0923. The van der Waals surface area contributed by atoms with E-state index in [2.05, 4.69) is 21.8 Å². The van der Waals surface area contributed by atoms with Crippen LogP contribution in [-0.2, 0) is 9.84 Å². The second kappa shape index (κ2) is 6.02. The maximum absolute atomic E-state index is 12.3. The first-order valence-electron chi connectivity index (χ1n) is 8.68. The van der Waals surface area contributed by atoms with Gasteiger partial charge in [-0.25, -0.2) is 17.9 Å². The second-order valence-electron chi connectivity index (χ2n) is 7.17. The lowest BCUT2D eigenvalue weighted by Crippen LogP contribution is -2.48. The Labute approximate surface area is 141 Å². The van der Waals surface area contributed by atoms with E-state index in [9.17, 15) is 13.2 Å². The summed E-state index contributed by atoms with van der Waals surface area (Å²) in [6.07, 6.45) is 6.71. The highest BCUT2D eigenvalue weighted by Gasteiger charge is 2.32. The van der Waals surface area contributed by atoms with Gasteiger partial charge in [0.15, 0.2) is 9.84 Å². The second-order valence-corrected chi connectivity index (χ2v) is 9.39. The topological polar surface area (TPSA) is 97.2 Å². The maximum Gasteiger partial charge on any atom is 0.317 e. The van der Waals surface area contributed by atoms with Crippen LogP contribution in [0.15, 0.2) is 6.20 Å². The monoisotopic (exact) mass is 353 g/mol. The molecule has 4 rings (SSSR count). The summed E-state index contributed by atoms with van der Waals surface area (Å²) in [6.45, 7) is 1.32. The van der Waals surface area contributed by atoms with Gasteiger partial charge in [0.05, 0.1) is 23.2 Å². The Morgan fingerprint density at radius 3 is 2.54 bits per heavy atom. The Morgan fingerprint density at radius 2 is 1.92 bits per heavy atom. The van der Waals surface area contributed by atoms with E-state index in [4.69, 9.17) is 0 Å². The third-order valence-corrected chi connectivity index (χ3v) is 6.98. The van der Waals surface area contributed by atoms with Gasteiger partial charge in [0.2, 0.25) is 0 Å². The van der Waals surface area contributed by atoms with Gasteiger partial charge in [-0.15, -0.1) is 5.10 Å². The summed E-state index contributed by atoms with van der Waals surface area (Å²) in [5.41, 5.74) is 1.10. The Morgan fingerprint density at radius 1 is 1.17 bits per heavy atom. The van der Waals surface area contributed by atoms with Gasteiger partial charge in [-0.3, -0.25) is 0 Å². The fraction of sp³-hybridized carbons (Fsp3) is 0.800. The van der Waals surface area contributed by atoms with E-state index in [1.54, 1.807) is 4.90 Å². The number of urea groups is 1. The lowest BCUT2D eigenvalue weighted by Gasteiger charge is -2.32. The number of nitrogens with zero attached hydrogens (tertiary/aromatic N) is 4. The molecule has 0 spiro atoms. The number of carbonyl (C=O) groups is 1. The van der Waals surface area contributed by atoms with Crippen molar-refractivity contribution in [2.24, 2.45) is 0 Å². The Hall–Kier alpha value is -1.64. The number of hydrogen-bond donors (Lipinski definition) is 1. The van der Waals surface area contributed by atoms with Crippen molar-refractivity contribution < 1.29 is 13.2 Å². The van der Waals surface area contributed by atoms with Gasteiger partial charge in [-0.05, 0) is 32.1 Å². The quantitative estimate of drug-likeness (QED) is 0.862. The minimum absolute atomic E-state index is 0.0676. The van der Waals surface area contributed by atoms with E-state index in [1.165, 1.54) is 12.8 Å². The lowest BCUT2D eigenvalue weighted by molar-refractivity contribution is 0.165. The molecule has 3 heterocycles. The number of carbonyl (C=O) groups excluding carboxylic acids is 1. The van der Waals surface area contributed by atoms with Gasteiger partial charge in [-0.1, -0.05) is 5.21 Å². The molecule has 0 bridgehead atoms. The minimum Gasteiger partial charge on any atom is -0.334 e. The van der Waals surface area contributed by atoms with Gasteiger partial charge in [0.25, 0.3) is 0 Å². The number of sulfone groups is 1. The highest BCUT2D eigenvalue weighted by atomic mass is 32.2. The third kappa shape index (κ3) is 3.40. The average molecular weight is 353 g/mol. The van der Waals surface area contributed by atoms with Crippen molar-refractivity contribution in [2.75, 3.05) is 24.6 Å². The number of rotatable bonds is 3. The molecular formula is C15H23N5O3S. The highest BCUT2D eigenvalue weighted by Crippen LogP contribution is 2.39. The molecule has 1 aromatic rings. The molecule has 24 heavy (non-hydrogen) atoms. The fourth-order valence-electron chi connectivity index (χ4n) is 3.54. The molecule has 0 aromatic carbocycles. The van der Waals surface area contributed by atoms with Crippen molar-refractivity contribution in [3.63, 3.8) is 0 Å². The standard InChI is InChI=1S/C15H23N5O3S/c21-15(16-12-5-8-24(22,23)10-12)19-6-3-13(4-7-19)20-9-14(17-18-20)11-1-2-11/h9,11-13H,1-8,10H2,(H,16,21). The smallest absolute Gasteiger partial charge is 0.317 e. The van der Waals surface area contributed by atoms with Crippen molar-refractivity contribution in [3.8, 4) is 0 Å². The highest BCUT2D eigenvalue weighted by molar-refractivity contribution is 7.91. The van der Waals surface area contributed by atoms with Crippen LogP contribution >= 0.6 is 0 Å². The first-order chi connectivity index (χ1) is 11.5. The zero-order chi connectivity index (χ0) is 16.7. The summed E-state index contributed by atoms with van der Waals surface area (Å²) >= 11 is 0. The molecule has 2 saturated heterocycles. The predicted octanol–water partition coefficient (Wildman–Crippen LogP) is 0.689. The van der Waals surface area contributed by atoms with E-state index in [1.807, 2.05) is 4.68 Å². The first kappa shape index (κ1) is 15.9. The van der Waals surface area contributed by atoms with E-state index in [-0.39, 0.29) is 23.6 Å². The third-order valence-electron chi connectivity index (χ3n) is 5.21. The number of piperidine rings is 1. The number of aromatic nitrogens is 3. The number of likely N-dealkylation sites (tertiary alicyclic amines) is 1. The van der Waals surface area contributed by atoms with Crippen molar-refractivity contribution >= 4 is 15.9 Å². The van der Waals surface area contributed by atoms with Crippen LogP contribution in [0.3, 0.4) is 0 Å². The van der Waals surface area contributed by atoms with Crippen molar-refractivity contribution in [1.82, 2.24) is 25.2 Å². The largest absolute Gasteiger partial charge is 0.334 e. The fourth-order valence-corrected chi connectivity index (χ4v) is 5.22. The molecule has 1 N–H and O–H groups in total. The van der Waals surface area contributed by atoms with Gasteiger partial charge in [0.1, 0.15) is 0 Å². The molecule has 2 aliphatic heterocycles. The van der Waals surface area contributed by atoms with E-state index < -0.39 is 9.84 Å². The molecule has 3 fully saturated rings. The van der Waals surface area contributed by atoms with Gasteiger partial charge in [-0.2, -0.15) is 0 Å². The molecule has 1 saturated carbocycles. The number of hydrogen-bond acceptors (Lipinski definition) is 5. The van der Waals surface area contributed by atoms with Gasteiger partial charge >= 0.3 is 6.03 Å². The summed E-state index contributed by atoms with van der Waals surface area (Å²) in [5.74, 6) is 0.848. The molecule has 1 atom stereocenters. The molecule has 1 aromatic heterocycles. The van der Waals surface area contributed by atoms with Crippen LogP contribution in [0.4, 0.5) is 4.79 Å². The van der Waals surface area contributed by atoms with Crippen molar-refractivity contribution in [3.05, 3.63) is 11.9 Å².